The van der Waals surface area contributed by atoms with Gasteiger partial charge < -0.3 is 5.73 Å². The summed E-state index contributed by atoms with van der Waals surface area (Å²) >= 11 is 0. The van der Waals surface area contributed by atoms with Crippen LogP contribution in [0.4, 0.5) is 0 Å². The molecule has 0 bridgehead atoms. The first-order valence-corrected chi connectivity index (χ1v) is 3.47. The lowest BCUT2D eigenvalue weighted by molar-refractivity contribution is -0.510. The first-order chi connectivity index (χ1) is 5.20. The van der Waals surface area contributed by atoms with Gasteiger partial charge in [-0.1, -0.05) is 6.08 Å². The smallest absolute Gasteiger partial charge is 0.233 e. The molecule has 0 amide bonds. The van der Waals surface area contributed by atoms with Gasteiger partial charge in [0.15, 0.2) is 0 Å². The van der Waals surface area contributed by atoms with E-state index in [0.717, 1.165) is 6.42 Å². The second-order valence-corrected chi connectivity index (χ2v) is 2.50. The molecule has 1 unspecified atom stereocenters. The van der Waals surface area contributed by atoms with Gasteiger partial charge in [0, 0.05) is 23.1 Å². The fourth-order valence-electron chi connectivity index (χ4n) is 1.01. The van der Waals surface area contributed by atoms with Gasteiger partial charge in [0.25, 0.3) is 0 Å². The highest BCUT2D eigenvalue weighted by atomic mass is 16.6. The van der Waals surface area contributed by atoms with E-state index in [1.165, 1.54) is 6.08 Å². The van der Waals surface area contributed by atoms with Gasteiger partial charge in [-0.2, -0.15) is 0 Å². The molecule has 0 saturated heterocycles. The summed E-state index contributed by atoms with van der Waals surface area (Å²) in [7, 11) is 0. The molecule has 0 radical (unpaired) electrons. The molecule has 11 heavy (non-hydrogen) atoms. The van der Waals surface area contributed by atoms with Crippen molar-refractivity contribution in [2.75, 3.05) is 0 Å². The van der Waals surface area contributed by atoms with E-state index < -0.39 is 6.04 Å². The van der Waals surface area contributed by atoms with Crippen LogP contribution in [0, 0.1) is 10.1 Å². The molecule has 4 heteroatoms. The second kappa shape index (κ2) is 3.18. The molecule has 1 atom stereocenters. The molecular formula is C7H10N2O2. The van der Waals surface area contributed by atoms with E-state index in [1.807, 2.05) is 6.08 Å². The third-order valence-corrected chi connectivity index (χ3v) is 1.60. The Morgan fingerprint density at radius 1 is 1.73 bits per heavy atom. The lowest BCUT2D eigenvalue weighted by Crippen LogP contribution is -2.17. The summed E-state index contributed by atoms with van der Waals surface area (Å²) in [4.78, 5) is 10.0. The number of nitrogens with two attached hydrogens (primary N) is 1. The molecule has 0 heterocycles. The number of hydrogen-bond acceptors (Lipinski definition) is 3. The van der Waals surface area contributed by atoms with Crippen molar-refractivity contribution < 1.29 is 4.92 Å². The number of hydrogen-bond donors (Lipinski definition) is 1. The fourth-order valence-corrected chi connectivity index (χ4v) is 1.01. The zero-order valence-corrected chi connectivity index (χ0v) is 6.06. The van der Waals surface area contributed by atoms with Gasteiger partial charge >= 0.3 is 0 Å². The summed E-state index contributed by atoms with van der Waals surface area (Å²) in [5.74, 6) is 0. The van der Waals surface area contributed by atoms with Crippen molar-refractivity contribution in [2.24, 2.45) is 5.73 Å². The van der Waals surface area contributed by atoms with E-state index >= 15 is 0 Å². The van der Waals surface area contributed by atoms with Crippen molar-refractivity contribution >= 4 is 0 Å². The Labute approximate surface area is 64.5 Å². The zero-order chi connectivity index (χ0) is 8.27. The van der Waals surface area contributed by atoms with Crippen LogP contribution in [0.3, 0.4) is 0 Å². The monoisotopic (exact) mass is 154 g/mol. The van der Waals surface area contributed by atoms with Gasteiger partial charge in [0.1, 0.15) is 0 Å². The van der Waals surface area contributed by atoms with Crippen LogP contribution in [-0.2, 0) is 0 Å². The van der Waals surface area contributed by atoms with Crippen molar-refractivity contribution in [1.29, 1.82) is 0 Å². The Morgan fingerprint density at radius 3 is 3.09 bits per heavy atom. The maximum absolute atomic E-state index is 10.3. The number of rotatable bonds is 1. The summed E-state index contributed by atoms with van der Waals surface area (Å²) in [6.45, 7) is 0. The van der Waals surface area contributed by atoms with Crippen LogP contribution >= 0.6 is 0 Å². The van der Waals surface area contributed by atoms with E-state index in [-0.39, 0.29) is 4.92 Å². The van der Waals surface area contributed by atoms with E-state index in [9.17, 15) is 10.1 Å². The molecule has 4 nitrogen and oxygen atoms in total. The van der Waals surface area contributed by atoms with E-state index in [4.69, 9.17) is 5.73 Å². The molecule has 60 valence electrons. The largest absolute Gasteiger partial charge is 0.399 e. The Hall–Kier alpha value is -1.32. The molecule has 0 aromatic rings. The van der Waals surface area contributed by atoms with Crippen molar-refractivity contribution in [3.05, 3.63) is 34.0 Å². The fraction of sp³-hybridized carbons (Fsp3) is 0.429. The highest BCUT2D eigenvalue weighted by Gasteiger charge is 2.17. The molecule has 1 aliphatic carbocycles. The van der Waals surface area contributed by atoms with Gasteiger partial charge in [0.05, 0.1) is 0 Å². The second-order valence-electron chi connectivity index (χ2n) is 2.50. The summed E-state index contributed by atoms with van der Waals surface area (Å²) in [6, 6.07) is -0.606. The number of allylic oxidation sites excluding steroid dienone is 2. The first kappa shape index (κ1) is 7.78. The third-order valence-electron chi connectivity index (χ3n) is 1.60. The summed E-state index contributed by atoms with van der Waals surface area (Å²) in [6.07, 6.45) is 6.33. The lowest BCUT2D eigenvalue weighted by atomic mass is 10.2. The van der Waals surface area contributed by atoms with Gasteiger partial charge in [-0.25, -0.2) is 0 Å². The van der Waals surface area contributed by atoms with Gasteiger partial charge in [-0.15, -0.1) is 0 Å². The van der Waals surface area contributed by atoms with E-state index in [2.05, 4.69) is 0 Å². The molecule has 0 aromatic carbocycles. The Balaban J connectivity index is 2.71. The first-order valence-electron chi connectivity index (χ1n) is 3.47. The lowest BCUT2D eigenvalue weighted by Gasteiger charge is -2.00. The topological polar surface area (TPSA) is 69.2 Å². The van der Waals surface area contributed by atoms with Gasteiger partial charge in [0.2, 0.25) is 6.04 Å². The summed E-state index contributed by atoms with van der Waals surface area (Å²) in [5, 5.41) is 10.3. The molecule has 0 aliphatic heterocycles. The minimum atomic E-state index is -0.606. The highest BCUT2D eigenvalue weighted by molar-refractivity contribution is 5.18. The predicted octanol–water partition coefficient (Wildman–Crippen LogP) is 0.824. The average Bonchev–Trinajstić information content (AvgIpc) is 2.13. The van der Waals surface area contributed by atoms with Crippen molar-refractivity contribution in [1.82, 2.24) is 0 Å². The van der Waals surface area contributed by atoms with Crippen molar-refractivity contribution in [2.45, 2.75) is 18.9 Å². The average molecular weight is 154 g/mol. The summed E-state index contributed by atoms with van der Waals surface area (Å²) < 4.78 is 0. The van der Waals surface area contributed by atoms with Crippen molar-refractivity contribution in [3.8, 4) is 0 Å². The van der Waals surface area contributed by atoms with Crippen LogP contribution < -0.4 is 5.73 Å². The van der Waals surface area contributed by atoms with Crippen LogP contribution in [0.1, 0.15) is 12.8 Å². The molecule has 0 spiro atoms. The van der Waals surface area contributed by atoms with Crippen LogP contribution in [0.5, 0.6) is 0 Å². The molecular weight excluding hydrogens is 144 g/mol. The SMILES string of the molecule is NC1=CC([N+](=O)[O-])CCC=C1. The number of nitro groups is 1. The predicted molar refractivity (Wildman–Crippen MR) is 41.4 cm³/mol. The minimum absolute atomic E-state index is 0.306. The normalized spacial score (nSPS) is 24.0. The Kier molecular flexibility index (Phi) is 2.25. The zero-order valence-electron chi connectivity index (χ0n) is 6.06. The van der Waals surface area contributed by atoms with Crippen molar-refractivity contribution in [3.63, 3.8) is 0 Å². The molecule has 1 aliphatic rings. The van der Waals surface area contributed by atoms with Crippen LogP contribution in [0.25, 0.3) is 0 Å². The summed E-state index contributed by atoms with van der Waals surface area (Å²) in [5.41, 5.74) is 5.92. The molecule has 0 aromatic heterocycles. The maximum atomic E-state index is 10.3. The Morgan fingerprint density at radius 2 is 2.45 bits per heavy atom. The maximum Gasteiger partial charge on any atom is 0.233 e. The molecule has 0 fully saturated rings. The van der Waals surface area contributed by atoms with Crippen LogP contribution in [-0.4, -0.2) is 11.0 Å². The molecule has 0 saturated carbocycles. The van der Waals surface area contributed by atoms with E-state index in [1.54, 1.807) is 6.08 Å². The van der Waals surface area contributed by atoms with Crippen LogP contribution in [0.2, 0.25) is 0 Å². The van der Waals surface area contributed by atoms with E-state index in [0.29, 0.717) is 12.1 Å². The highest BCUT2D eigenvalue weighted by Crippen LogP contribution is 2.10. The van der Waals surface area contributed by atoms with Gasteiger partial charge in [-0.05, 0) is 12.5 Å². The van der Waals surface area contributed by atoms with Crippen LogP contribution in [0.15, 0.2) is 23.9 Å². The number of nitrogens with zero attached hydrogens (tertiary/aromatic N) is 1. The third kappa shape index (κ3) is 2.07. The quantitative estimate of drug-likeness (QED) is 0.449. The minimum Gasteiger partial charge on any atom is -0.399 e. The molecule has 1 rings (SSSR count). The standard InChI is InChI=1S/C7H10N2O2/c8-6-3-1-2-4-7(5-6)9(10)11/h1,3,5,7H,2,4,8H2. The molecule has 2 N–H and O–H groups in total. The van der Waals surface area contributed by atoms with Gasteiger partial charge in [-0.3, -0.25) is 10.1 Å². The Bertz CT molecular complexity index is 220.